The molecule has 0 aliphatic heterocycles. The molecule has 5 heteroatoms. The van der Waals surface area contributed by atoms with E-state index in [2.05, 4.69) is 15.9 Å². The summed E-state index contributed by atoms with van der Waals surface area (Å²) >= 11 is 3.26. The van der Waals surface area contributed by atoms with Gasteiger partial charge in [-0.25, -0.2) is 0 Å². The molecular formula is C12H12BrNO3. The van der Waals surface area contributed by atoms with Gasteiger partial charge in [0.25, 0.3) is 0 Å². The summed E-state index contributed by atoms with van der Waals surface area (Å²) in [5.74, 6) is 0.356. The van der Waals surface area contributed by atoms with Crippen molar-refractivity contribution >= 4 is 21.9 Å². The van der Waals surface area contributed by atoms with Gasteiger partial charge in [-0.2, -0.15) is 5.26 Å². The summed E-state index contributed by atoms with van der Waals surface area (Å²) in [6.07, 6.45) is 0.276. The predicted molar refractivity (Wildman–Crippen MR) is 66.0 cm³/mol. The maximum atomic E-state index is 11.3. The van der Waals surface area contributed by atoms with Crippen molar-refractivity contribution < 1.29 is 14.3 Å². The fraction of sp³-hybridized carbons (Fsp3) is 0.333. The van der Waals surface area contributed by atoms with Crippen LogP contribution in [0.15, 0.2) is 16.6 Å². The number of benzene rings is 1. The van der Waals surface area contributed by atoms with Crippen LogP contribution in [0.4, 0.5) is 0 Å². The zero-order valence-corrected chi connectivity index (χ0v) is 11.2. The smallest absolute Gasteiger partial charge is 0.311 e. The number of hydrogen-bond donors (Lipinski definition) is 0. The van der Waals surface area contributed by atoms with Crippen LogP contribution < -0.4 is 9.47 Å². The van der Waals surface area contributed by atoms with E-state index >= 15 is 0 Å². The normalized spacial score (nSPS) is 9.53. The predicted octanol–water partition coefficient (Wildman–Crippen LogP) is 3.03. The molecular weight excluding hydrogens is 286 g/mol. The Morgan fingerprint density at radius 2 is 2.18 bits per heavy atom. The molecule has 4 nitrogen and oxygen atoms in total. The topological polar surface area (TPSA) is 59.3 Å². The molecule has 0 unspecified atom stereocenters. The quantitative estimate of drug-likeness (QED) is 0.633. The minimum absolute atomic E-state index is 0.276. The fourth-order valence-electron chi connectivity index (χ4n) is 1.18. The second-order valence-electron chi connectivity index (χ2n) is 3.16. The van der Waals surface area contributed by atoms with Crippen molar-refractivity contribution in [3.05, 3.63) is 22.2 Å². The Labute approximate surface area is 108 Å². The molecule has 0 bridgehead atoms. The van der Waals surface area contributed by atoms with E-state index in [0.29, 0.717) is 28.1 Å². The van der Waals surface area contributed by atoms with Crippen LogP contribution in [0, 0.1) is 11.3 Å². The summed E-state index contributed by atoms with van der Waals surface area (Å²) in [4.78, 5) is 11.3. The van der Waals surface area contributed by atoms with Crippen LogP contribution in [0.3, 0.4) is 0 Å². The summed E-state index contributed by atoms with van der Waals surface area (Å²) in [5.41, 5.74) is 0.441. The molecule has 90 valence electrons. The van der Waals surface area contributed by atoms with Crippen molar-refractivity contribution in [3.8, 4) is 17.6 Å². The molecule has 0 aliphatic rings. The summed E-state index contributed by atoms with van der Waals surface area (Å²) in [6.45, 7) is 3.95. The Hall–Kier alpha value is -1.54. The van der Waals surface area contributed by atoms with E-state index in [1.807, 2.05) is 13.0 Å². The molecule has 0 saturated heterocycles. The highest BCUT2D eigenvalue weighted by molar-refractivity contribution is 9.10. The highest BCUT2D eigenvalue weighted by Gasteiger charge is 2.15. The minimum atomic E-state index is -0.351. The largest absolute Gasteiger partial charge is 0.490 e. The number of hydrogen-bond acceptors (Lipinski definition) is 4. The molecule has 0 aromatic heterocycles. The molecule has 0 aliphatic carbocycles. The monoisotopic (exact) mass is 297 g/mol. The standard InChI is InChI=1S/C12H12BrNO3/c1-3-11(15)17-12-9(13)5-8(7-14)6-10(12)16-4-2/h5-6H,3-4H2,1-2H3. The molecule has 1 aromatic rings. The number of nitriles is 1. The average molecular weight is 298 g/mol. The number of rotatable bonds is 4. The van der Waals surface area contributed by atoms with E-state index < -0.39 is 0 Å². The van der Waals surface area contributed by atoms with Crippen LogP contribution in [0.5, 0.6) is 11.5 Å². The van der Waals surface area contributed by atoms with E-state index in [1.165, 1.54) is 0 Å². The van der Waals surface area contributed by atoms with Gasteiger partial charge in [-0.1, -0.05) is 6.92 Å². The first-order chi connectivity index (χ1) is 8.12. The summed E-state index contributed by atoms with van der Waals surface area (Å²) in [6, 6.07) is 5.14. The molecule has 1 aromatic carbocycles. The van der Waals surface area contributed by atoms with Crippen LogP contribution in [0.2, 0.25) is 0 Å². The van der Waals surface area contributed by atoms with Gasteiger partial charge in [-0.3, -0.25) is 4.79 Å². The second-order valence-corrected chi connectivity index (χ2v) is 4.01. The van der Waals surface area contributed by atoms with Crippen molar-refractivity contribution in [2.45, 2.75) is 20.3 Å². The SMILES string of the molecule is CCOc1cc(C#N)cc(Br)c1OC(=O)CC. The number of esters is 1. The first-order valence-electron chi connectivity index (χ1n) is 5.19. The highest BCUT2D eigenvalue weighted by Crippen LogP contribution is 2.37. The summed E-state index contributed by atoms with van der Waals surface area (Å²) in [7, 11) is 0. The number of carbonyl (C=O) groups is 1. The second kappa shape index (κ2) is 6.26. The lowest BCUT2D eigenvalue weighted by Crippen LogP contribution is -2.08. The third-order valence-corrected chi connectivity index (χ3v) is 2.53. The third kappa shape index (κ3) is 3.46. The molecule has 0 spiro atoms. The minimum Gasteiger partial charge on any atom is -0.490 e. The Morgan fingerprint density at radius 3 is 2.71 bits per heavy atom. The van der Waals surface area contributed by atoms with Gasteiger partial charge in [-0.15, -0.1) is 0 Å². The maximum Gasteiger partial charge on any atom is 0.311 e. The zero-order chi connectivity index (χ0) is 12.8. The molecule has 0 atom stereocenters. The van der Waals surface area contributed by atoms with E-state index in [-0.39, 0.29) is 12.4 Å². The first kappa shape index (κ1) is 13.5. The lowest BCUT2D eigenvalue weighted by Gasteiger charge is -2.12. The van der Waals surface area contributed by atoms with E-state index in [4.69, 9.17) is 14.7 Å². The van der Waals surface area contributed by atoms with Crippen molar-refractivity contribution in [3.63, 3.8) is 0 Å². The van der Waals surface area contributed by atoms with Gasteiger partial charge in [0.15, 0.2) is 11.5 Å². The van der Waals surface area contributed by atoms with Gasteiger partial charge in [0.05, 0.1) is 22.7 Å². The van der Waals surface area contributed by atoms with E-state index in [1.54, 1.807) is 19.1 Å². The van der Waals surface area contributed by atoms with Crippen molar-refractivity contribution in [2.75, 3.05) is 6.61 Å². The lowest BCUT2D eigenvalue weighted by atomic mass is 10.2. The Kier molecular flexibility index (Phi) is 4.98. The van der Waals surface area contributed by atoms with Gasteiger partial charge in [0.2, 0.25) is 0 Å². The first-order valence-corrected chi connectivity index (χ1v) is 5.98. The van der Waals surface area contributed by atoms with Crippen LogP contribution in [-0.4, -0.2) is 12.6 Å². The molecule has 0 fully saturated rings. The van der Waals surface area contributed by atoms with Gasteiger partial charge in [0, 0.05) is 12.5 Å². The fourth-order valence-corrected chi connectivity index (χ4v) is 1.70. The molecule has 0 radical (unpaired) electrons. The molecule has 0 amide bonds. The molecule has 0 heterocycles. The van der Waals surface area contributed by atoms with Gasteiger partial charge < -0.3 is 9.47 Å². The van der Waals surface area contributed by atoms with Crippen molar-refractivity contribution in [2.24, 2.45) is 0 Å². The maximum absolute atomic E-state index is 11.3. The molecule has 17 heavy (non-hydrogen) atoms. The van der Waals surface area contributed by atoms with Crippen LogP contribution in [-0.2, 0) is 4.79 Å². The summed E-state index contributed by atoms with van der Waals surface area (Å²) < 4.78 is 11.0. The van der Waals surface area contributed by atoms with E-state index in [9.17, 15) is 4.79 Å². The van der Waals surface area contributed by atoms with Gasteiger partial charge in [-0.05, 0) is 28.9 Å². The highest BCUT2D eigenvalue weighted by atomic mass is 79.9. The van der Waals surface area contributed by atoms with E-state index in [0.717, 1.165) is 0 Å². The molecule has 0 N–H and O–H groups in total. The molecule has 1 rings (SSSR count). The molecule has 0 saturated carbocycles. The van der Waals surface area contributed by atoms with Crippen LogP contribution >= 0.6 is 15.9 Å². The Bertz CT molecular complexity index is 466. The number of ether oxygens (including phenoxy) is 2. The Morgan fingerprint density at radius 1 is 1.47 bits per heavy atom. The van der Waals surface area contributed by atoms with Crippen molar-refractivity contribution in [1.82, 2.24) is 0 Å². The zero-order valence-electron chi connectivity index (χ0n) is 9.62. The van der Waals surface area contributed by atoms with Crippen molar-refractivity contribution in [1.29, 1.82) is 5.26 Å². The number of carbonyl (C=O) groups excluding carboxylic acids is 1. The van der Waals surface area contributed by atoms with Gasteiger partial charge >= 0.3 is 5.97 Å². The third-order valence-electron chi connectivity index (χ3n) is 1.94. The average Bonchev–Trinajstić information content (AvgIpc) is 2.33. The van der Waals surface area contributed by atoms with Crippen LogP contribution in [0.25, 0.3) is 0 Å². The lowest BCUT2D eigenvalue weighted by molar-refractivity contribution is -0.134. The van der Waals surface area contributed by atoms with Gasteiger partial charge in [0.1, 0.15) is 0 Å². The number of halogens is 1. The summed E-state index contributed by atoms with van der Waals surface area (Å²) in [5, 5.41) is 8.84. The Balaban J connectivity index is 3.17. The number of nitrogens with zero attached hydrogens (tertiary/aromatic N) is 1. The van der Waals surface area contributed by atoms with Crippen LogP contribution in [0.1, 0.15) is 25.8 Å².